The van der Waals surface area contributed by atoms with Crippen molar-refractivity contribution >= 4 is 5.97 Å². The predicted octanol–water partition coefficient (Wildman–Crippen LogP) is 1.27. The third kappa shape index (κ3) is 5.47. The van der Waals surface area contributed by atoms with Crippen molar-refractivity contribution in [2.45, 2.75) is 32.6 Å². The van der Waals surface area contributed by atoms with Crippen LogP contribution in [0.2, 0.25) is 0 Å². The van der Waals surface area contributed by atoms with Gasteiger partial charge in [-0.15, -0.1) is 0 Å². The first-order valence-electron chi connectivity index (χ1n) is 6.39. The van der Waals surface area contributed by atoms with Crippen LogP contribution in [-0.2, 0) is 4.79 Å². The summed E-state index contributed by atoms with van der Waals surface area (Å²) in [5.41, 5.74) is 0. The largest absolute Gasteiger partial charge is 0.481 e. The van der Waals surface area contributed by atoms with E-state index in [1.54, 1.807) is 0 Å². The van der Waals surface area contributed by atoms with Gasteiger partial charge in [-0.1, -0.05) is 6.92 Å². The number of carbonyl (C=O) groups is 1. The molecule has 1 heterocycles. The van der Waals surface area contributed by atoms with E-state index in [2.05, 4.69) is 16.7 Å². The van der Waals surface area contributed by atoms with E-state index in [1.165, 1.54) is 32.5 Å². The minimum absolute atomic E-state index is 0.261. The summed E-state index contributed by atoms with van der Waals surface area (Å²) in [5, 5.41) is 8.62. The lowest BCUT2D eigenvalue weighted by Crippen LogP contribution is -2.30. The van der Waals surface area contributed by atoms with E-state index >= 15 is 0 Å². The van der Waals surface area contributed by atoms with Gasteiger partial charge in [-0.3, -0.25) is 4.79 Å². The Hall–Kier alpha value is -0.610. The summed E-state index contributed by atoms with van der Waals surface area (Å²) in [7, 11) is 0. The molecule has 0 aliphatic carbocycles. The summed E-state index contributed by atoms with van der Waals surface area (Å²) in [6.07, 6.45) is 4.11. The molecule has 1 rings (SSSR count). The second-order valence-corrected chi connectivity index (χ2v) is 4.48. The van der Waals surface area contributed by atoms with Crippen LogP contribution in [0.15, 0.2) is 0 Å². The van der Waals surface area contributed by atoms with Crippen molar-refractivity contribution in [2.75, 3.05) is 39.3 Å². The molecule has 0 amide bonds. The molecule has 16 heavy (non-hydrogen) atoms. The van der Waals surface area contributed by atoms with Gasteiger partial charge in [0.05, 0.1) is 6.42 Å². The third-order valence-electron chi connectivity index (χ3n) is 3.24. The average molecular weight is 228 g/mol. The van der Waals surface area contributed by atoms with Crippen molar-refractivity contribution in [2.24, 2.45) is 0 Å². The van der Waals surface area contributed by atoms with E-state index in [1.807, 2.05) is 0 Å². The first-order chi connectivity index (χ1) is 7.72. The maximum absolute atomic E-state index is 10.5. The topological polar surface area (TPSA) is 43.8 Å². The zero-order chi connectivity index (χ0) is 11.8. The number of carboxylic acid groups (broad SMARTS) is 1. The van der Waals surface area contributed by atoms with E-state index in [-0.39, 0.29) is 6.42 Å². The van der Waals surface area contributed by atoms with Gasteiger partial charge in [0.25, 0.3) is 0 Å². The lowest BCUT2D eigenvalue weighted by Gasteiger charge is -2.21. The van der Waals surface area contributed by atoms with Gasteiger partial charge in [0, 0.05) is 6.54 Å². The molecule has 4 heteroatoms. The van der Waals surface area contributed by atoms with Crippen LogP contribution in [0.4, 0.5) is 0 Å². The average Bonchev–Trinajstić information content (AvgIpc) is 2.75. The van der Waals surface area contributed by atoms with Gasteiger partial charge >= 0.3 is 5.97 Å². The van der Waals surface area contributed by atoms with Crippen LogP contribution >= 0.6 is 0 Å². The number of hydrogen-bond donors (Lipinski definition) is 1. The van der Waals surface area contributed by atoms with Crippen LogP contribution in [0.3, 0.4) is 0 Å². The summed E-state index contributed by atoms with van der Waals surface area (Å²) in [6.45, 7) is 8.43. The van der Waals surface area contributed by atoms with E-state index in [9.17, 15) is 4.79 Å². The Morgan fingerprint density at radius 1 is 1.31 bits per heavy atom. The molecule has 1 aliphatic heterocycles. The Labute approximate surface area is 98.2 Å². The number of likely N-dealkylation sites (tertiary alicyclic amines) is 1. The van der Waals surface area contributed by atoms with Crippen molar-refractivity contribution in [3.8, 4) is 0 Å². The summed E-state index contributed by atoms with van der Waals surface area (Å²) < 4.78 is 0. The highest BCUT2D eigenvalue weighted by Gasteiger charge is 2.11. The fraction of sp³-hybridized carbons (Fsp3) is 0.917. The van der Waals surface area contributed by atoms with Gasteiger partial charge in [0.15, 0.2) is 0 Å². The van der Waals surface area contributed by atoms with Gasteiger partial charge in [0.2, 0.25) is 0 Å². The smallest absolute Gasteiger partial charge is 0.304 e. The number of hydrogen-bond acceptors (Lipinski definition) is 3. The molecule has 0 unspecified atom stereocenters. The second-order valence-electron chi connectivity index (χ2n) is 4.48. The molecule has 0 saturated carbocycles. The molecule has 0 bridgehead atoms. The van der Waals surface area contributed by atoms with Crippen molar-refractivity contribution in [1.29, 1.82) is 0 Å². The number of nitrogens with zero attached hydrogens (tertiary/aromatic N) is 2. The van der Waals surface area contributed by atoms with Gasteiger partial charge in [-0.25, -0.2) is 0 Å². The molecule has 94 valence electrons. The third-order valence-corrected chi connectivity index (χ3v) is 3.24. The fourth-order valence-corrected chi connectivity index (χ4v) is 2.21. The minimum Gasteiger partial charge on any atom is -0.481 e. The predicted molar refractivity (Wildman–Crippen MR) is 64.7 cm³/mol. The number of rotatable bonds is 8. The molecule has 0 aromatic rings. The molecule has 0 aromatic carbocycles. The molecule has 1 aliphatic rings. The molecule has 0 spiro atoms. The van der Waals surface area contributed by atoms with E-state index < -0.39 is 5.97 Å². The molecule has 1 fully saturated rings. The van der Waals surface area contributed by atoms with Crippen LogP contribution in [0.1, 0.15) is 32.6 Å². The molecule has 1 N–H and O–H groups in total. The summed E-state index contributed by atoms with van der Waals surface area (Å²) >= 11 is 0. The quantitative estimate of drug-likeness (QED) is 0.679. The first-order valence-corrected chi connectivity index (χ1v) is 6.39. The van der Waals surface area contributed by atoms with E-state index in [0.29, 0.717) is 6.54 Å². The Balaban J connectivity index is 2.05. The van der Waals surface area contributed by atoms with E-state index in [4.69, 9.17) is 5.11 Å². The molecule has 4 nitrogen and oxygen atoms in total. The van der Waals surface area contributed by atoms with Crippen molar-refractivity contribution < 1.29 is 9.90 Å². The molecule has 0 radical (unpaired) electrons. The van der Waals surface area contributed by atoms with Crippen molar-refractivity contribution in [3.05, 3.63) is 0 Å². The highest BCUT2D eigenvalue weighted by atomic mass is 16.4. The van der Waals surface area contributed by atoms with Gasteiger partial charge < -0.3 is 14.9 Å². The molecule has 1 saturated heterocycles. The summed E-state index contributed by atoms with van der Waals surface area (Å²) in [4.78, 5) is 15.2. The SMILES string of the molecule is CCN(CCCN1CCCC1)CCC(=O)O. The molecular weight excluding hydrogens is 204 g/mol. The van der Waals surface area contributed by atoms with Crippen LogP contribution in [-0.4, -0.2) is 60.1 Å². The van der Waals surface area contributed by atoms with Crippen molar-refractivity contribution in [1.82, 2.24) is 9.80 Å². The zero-order valence-electron chi connectivity index (χ0n) is 10.3. The van der Waals surface area contributed by atoms with Crippen LogP contribution in [0.25, 0.3) is 0 Å². The van der Waals surface area contributed by atoms with Crippen molar-refractivity contribution in [3.63, 3.8) is 0 Å². The van der Waals surface area contributed by atoms with Gasteiger partial charge in [0.1, 0.15) is 0 Å². The monoisotopic (exact) mass is 228 g/mol. The summed E-state index contributed by atoms with van der Waals surface area (Å²) in [5.74, 6) is -0.696. The van der Waals surface area contributed by atoms with Gasteiger partial charge in [-0.2, -0.15) is 0 Å². The molecule has 0 aromatic heterocycles. The lowest BCUT2D eigenvalue weighted by molar-refractivity contribution is -0.137. The normalized spacial score (nSPS) is 17.1. The molecule has 0 atom stereocenters. The van der Waals surface area contributed by atoms with Crippen LogP contribution in [0, 0.1) is 0 Å². The number of aliphatic carboxylic acids is 1. The highest BCUT2D eigenvalue weighted by Crippen LogP contribution is 2.07. The summed E-state index contributed by atoms with van der Waals surface area (Å²) in [6, 6.07) is 0. The maximum atomic E-state index is 10.5. The second kappa shape index (κ2) is 7.63. The highest BCUT2D eigenvalue weighted by molar-refractivity contribution is 5.66. The molecular formula is C12H24N2O2. The standard InChI is InChI=1S/C12H24N2O2/c1-2-13(11-6-12(15)16)9-5-10-14-7-3-4-8-14/h2-11H2,1H3,(H,15,16). The zero-order valence-corrected chi connectivity index (χ0v) is 10.3. The Morgan fingerprint density at radius 2 is 2.00 bits per heavy atom. The lowest BCUT2D eigenvalue weighted by atomic mass is 10.3. The fourth-order valence-electron chi connectivity index (χ4n) is 2.21. The maximum Gasteiger partial charge on any atom is 0.304 e. The minimum atomic E-state index is -0.696. The first kappa shape index (κ1) is 13.5. The Morgan fingerprint density at radius 3 is 2.56 bits per heavy atom. The van der Waals surface area contributed by atoms with E-state index in [0.717, 1.165) is 19.5 Å². The van der Waals surface area contributed by atoms with Crippen LogP contribution in [0.5, 0.6) is 0 Å². The van der Waals surface area contributed by atoms with Crippen LogP contribution < -0.4 is 0 Å². The Kier molecular flexibility index (Phi) is 6.42. The van der Waals surface area contributed by atoms with Gasteiger partial charge in [-0.05, 0) is 52.0 Å². The Bertz CT molecular complexity index is 203. The number of carboxylic acids is 1.